The molecule has 3 nitrogen and oxygen atoms in total. The van der Waals surface area contributed by atoms with Gasteiger partial charge in [0.15, 0.2) is 0 Å². The highest BCUT2D eigenvalue weighted by atomic mass is 79.9. The van der Waals surface area contributed by atoms with Gasteiger partial charge in [-0.3, -0.25) is 0 Å². The molecule has 0 aliphatic rings. The molecule has 1 atom stereocenters. The molecule has 0 saturated heterocycles. The van der Waals surface area contributed by atoms with Gasteiger partial charge in [-0.15, -0.1) is 0 Å². The minimum Gasteiger partial charge on any atom is -0.494 e. The van der Waals surface area contributed by atoms with Gasteiger partial charge in [0, 0.05) is 16.9 Å². The van der Waals surface area contributed by atoms with Crippen LogP contribution in [-0.2, 0) is 6.42 Å². The van der Waals surface area contributed by atoms with Gasteiger partial charge < -0.3 is 10.5 Å². The Morgan fingerprint density at radius 3 is 2.89 bits per heavy atom. The predicted octanol–water partition coefficient (Wildman–Crippen LogP) is 3.41. The highest BCUT2D eigenvalue weighted by Gasteiger charge is 2.05. The van der Waals surface area contributed by atoms with Gasteiger partial charge in [-0.05, 0) is 49.9 Å². The molecule has 98 valence electrons. The summed E-state index contributed by atoms with van der Waals surface area (Å²) < 4.78 is 6.73. The molecular formula is C14H19BrN2O. The number of benzene rings is 1. The van der Waals surface area contributed by atoms with Crippen molar-refractivity contribution in [2.75, 3.05) is 6.61 Å². The van der Waals surface area contributed by atoms with Crippen LogP contribution in [0.3, 0.4) is 0 Å². The van der Waals surface area contributed by atoms with Gasteiger partial charge in [0.05, 0.1) is 12.7 Å². The Kier molecular flexibility index (Phi) is 6.77. The van der Waals surface area contributed by atoms with E-state index in [1.807, 2.05) is 25.1 Å². The molecule has 0 amide bonds. The van der Waals surface area contributed by atoms with Gasteiger partial charge in [-0.25, -0.2) is 0 Å². The zero-order chi connectivity index (χ0) is 13.4. The molecule has 1 unspecified atom stereocenters. The third-order valence-corrected chi connectivity index (χ3v) is 3.28. The fraction of sp³-hybridized carbons (Fsp3) is 0.500. The summed E-state index contributed by atoms with van der Waals surface area (Å²) in [6, 6.07) is 8.22. The van der Waals surface area contributed by atoms with E-state index in [1.54, 1.807) is 0 Å². The summed E-state index contributed by atoms with van der Waals surface area (Å²) in [4.78, 5) is 0. The van der Waals surface area contributed by atoms with Crippen LogP contribution in [0.5, 0.6) is 5.75 Å². The van der Waals surface area contributed by atoms with Crippen LogP contribution in [0.25, 0.3) is 0 Å². The van der Waals surface area contributed by atoms with Crippen LogP contribution in [0, 0.1) is 11.3 Å². The molecule has 0 bridgehead atoms. The molecule has 0 spiro atoms. The summed E-state index contributed by atoms with van der Waals surface area (Å²) in [6.07, 6.45) is 3.22. The Labute approximate surface area is 117 Å². The Bertz CT molecular complexity index is 413. The summed E-state index contributed by atoms with van der Waals surface area (Å²) in [5.74, 6) is 0.866. The zero-order valence-corrected chi connectivity index (χ0v) is 12.2. The van der Waals surface area contributed by atoms with Gasteiger partial charge in [0.2, 0.25) is 0 Å². The molecule has 0 fully saturated rings. The van der Waals surface area contributed by atoms with Crippen molar-refractivity contribution in [3.05, 3.63) is 28.2 Å². The third kappa shape index (κ3) is 5.52. The van der Waals surface area contributed by atoms with Gasteiger partial charge in [0.25, 0.3) is 0 Å². The lowest BCUT2D eigenvalue weighted by Gasteiger charge is -2.11. The number of ether oxygens (including phenoxy) is 1. The number of rotatable bonds is 7. The maximum absolute atomic E-state index is 8.43. The highest BCUT2D eigenvalue weighted by Crippen LogP contribution is 2.23. The number of hydrogen-bond donors (Lipinski definition) is 1. The van der Waals surface area contributed by atoms with Gasteiger partial charge in [0.1, 0.15) is 5.75 Å². The van der Waals surface area contributed by atoms with Gasteiger partial charge >= 0.3 is 0 Å². The SMILES string of the molecule is CC(N)Cc1cc(OCCCCC#N)ccc1Br. The van der Waals surface area contributed by atoms with E-state index in [1.165, 1.54) is 5.56 Å². The molecule has 0 radical (unpaired) electrons. The van der Waals surface area contributed by atoms with Crippen LogP contribution in [-0.4, -0.2) is 12.6 Å². The smallest absolute Gasteiger partial charge is 0.119 e. The molecule has 0 heterocycles. The van der Waals surface area contributed by atoms with E-state index in [0.717, 1.165) is 29.5 Å². The minimum absolute atomic E-state index is 0.132. The second-order valence-electron chi connectivity index (χ2n) is 4.40. The van der Waals surface area contributed by atoms with Crippen molar-refractivity contribution in [3.8, 4) is 11.8 Å². The lowest BCUT2D eigenvalue weighted by Crippen LogP contribution is -2.18. The monoisotopic (exact) mass is 310 g/mol. The average molecular weight is 311 g/mol. The summed E-state index contributed by atoms with van der Waals surface area (Å²) >= 11 is 3.51. The molecule has 1 aromatic rings. The summed E-state index contributed by atoms with van der Waals surface area (Å²) in [5, 5.41) is 8.43. The Balaban J connectivity index is 2.49. The molecule has 4 heteroatoms. The molecule has 0 saturated carbocycles. The maximum atomic E-state index is 8.43. The van der Waals surface area contributed by atoms with E-state index in [0.29, 0.717) is 13.0 Å². The molecule has 1 rings (SSSR count). The predicted molar refractivity (Wildman–Crippen MR) is 76.5 cm³/mol. The first-order valence-electron chi connectivity index (χ1n) is 6.17. The maximum Gasteiger partial charge on any atom is 0.119 e. The van der Waals surface area contributed by atoms with E-state index in [4.69, 9.17) is 15.7 Å². The van der Waals surface area contributed by atoms with Crippen LogP contribution < -0.4 is 10.5 Å². The normalized spacial score (nSPS) is 11.9. The first-order chi connectivity index (χ1) is 8.63. The van der Waals surface area contributed by atoms with Gasteiger partial charge in [-0.1, -0.05) is 15.9 Å². The summed E-state index contributed by atoms with van der Waals surface area (Å²) in [7, 11) is 0. The summed E-state index contributed by atoms with van der Waals surface area (Å²) in [5.41, 5.74) is 6.97. The van der Waals surface area contributed by atoms with Crippen molar-refractivity contribution in [2.45, 2.75) is 38.6 Å². The number of nitrogens with two attached hydrogens (primary N) is 1. The number of halogens is 1. The second-order valence-corrected chi connectivity index (χ2v) is 5.25. The lowest BCUT2D eigenvalue weighted by atomic mass is 10.1. The highest BCUT2D eigenvalue weighted by molar-refractivity contribution is 9.10. The second kappa shape index (κ2) is 8.12. The molecule has 2 N–H and O–H groups in total. The van der Waals surface area contributed by atoms with E-state index in [9.17, 15) is 0 Å². The lowest BCUT2D eigenvalue weighted by molar-refractivity contribution is 0.307. The zero-order valence-electron chi connectivity index (χ0n) is 10.7. The van der Waals surface area contributed by atoms with Crippen LogP contribution in [0.15, 0.2) is 22.7 Å². The van der Waals surface area contributed by atoms with Crippen molar-refractivity contribution < 1.29 is 4.74 Å². The van der Waals surface area contributed by atoms with Crippen LogP contribution in [0.4, 0.5) is 0 Å². The number of unbranched alkanes of at least 4 members (excludes halogenated alkanes) is 2. The van der Waals surface area contributed by atoms with E-state index in [-0.39, 0.29) is 6.04 Å². The number of hydrogen-bond acceptors (Lipinski definition) is 3. The topological polar surface area (TPSA) is 59.0 Å². The fourth-order valence-electron chi connectivity index (χ4n) is 1.64. The average Bonchev–Trinajstić information content (AvgIpc) is 2.32. The molecule has 0 aliphatic carbocycles. The molecule has 0 aliphatic heterocycles. The van der Waals surface area contributed by atoms with Crippen LogP contribution >= 0.6 is 15.9 Å². The molecule has 0 aromatic heterocycles. The fourth-order valence-corrected chi connectivity index (χ4v) is 2.05. The van der Waals surface area contributed by atoms with Crippen molar-refractivity contribution in [2.24, 2.45) is 5.73 Å². The summed E-state index contributed by atoms with van der Waals surface area (Å²) in [6.45, 7) is 2.64. The van der Waals surface area contributed by atoms with Crippen molar-refractivity contribution >= 4 is 15.9 Å². The molecule has 1 aromatic carbocycles. The standard InChI is InChI=1S/C14H19BrN2O/c1-11(17)9-12-10-13(5-6-14(12)15)18-8-4-2-3-7-16/h5-6,10-11H,2-4,8-9,17H2,1H3. The van der Waals surface area contributed by atoms with E-state index >= 15 is 0 Å². The largest absolute Gasteiger partial charge is 0.494 e. The van der Waals surface area contributed by atoms with Crippen LogP contribution in [0.1, 0.15) is 31.7 Å². The quantitative estimate of drug-likeness (QED) is 0.785. The van der Waals surface area contributed by atoms with E-state index in [2.05, 4.69) is 22.0 Å². The minimum atomic E-state index is 0.132. The van der Waals surface area contributed by atoms with E-state index < -0.39 is 0 Å². The molecule has 18 heavy (non-hydrogen) atoms. The van der Waals surface area contributed by atoms with Crippen molar-refractivity contribution in [1.82, 2.24) is 0 Å². The molecular weight excluding hydrogens is 292 g/mol. The Morgan fingerprint density at radius 2 is 2.22 bits per heavy atom. The first-order valence-corrected chi connectivity index (χ1v) is 6.96. The van der Waals surface area contributed by atoms with Gasteiger partial charge in [-0.2, -0.15) is 5.26 Å². The Morgan fingerprint density at radius 1 is 1.44 bits per heavy atom. The van der Waals surface area contributed by atoms with Crippen LogP contribution in [0.2, 0.25) is 0 Å². The van der Waals surface area contributed by atoms with Crippen molar-refractivity contribution in [3.63, 3.8) is 0 Å². The first kappa shape index (κ1) is 15.0. The number of nitrogens with zero attached hydrogens (tertiary/aromatic N) is 1. The Hall–Kier alpha value is -1.05. The van der Waals surface area contributed by atoms with Crippen molar-refractivity contribution in [1.29, 1.82) is 5.26 Å². The third-order valence-electron chi connectivity index (χ3n) is 2.51. The number of nitriles is 1.